The fourth-order valence-corrected chi connectivity index (χ4v) is 12.6. The molecule has 0 aromatic carbocycles. The molecule has 98 heavy (non-hydrogen) atoms. The molecule has 40 atom stereocenters. The van der Waals surface area contributed by atoms with Crippen LogP contribution in [0.3, 0.4) is 0 Å². The van der Waals surface area contributed by atoms with Gasteiger partial charge in [0.15, 0.2) is 50.3 Å². The molecule has 0 aromatic heterocycles. The fourth-order valence-electron chi connectivity index (χ4n) is 12.6. The van der Waals surface area contributed by atoms with Crippen molar-refractivity contribution in [1.82, 2.24) is 16.0 Å². The third-order valence-corrected chi connectivity index (χ3v) is 17.8. The molecule has 0 aromatic rings. The van der Waals surface area contributed by atoms with Crippen molar-refractivity contribution in [2.24, 2.45) is 0 Å². The third-order valence-electron chi connectivity index (χ3n) is 17.8. The first-order valence-electron chi connectivity index (χ1n) is 31.1. The second-order valence-corrected chi connectivity index (χ2v) is 24.6. The van der Waals surface area contributed by atoms with E-state index in [9.17, 15) is 132 Å². The number of ether oxygens (including phenoxy) is 15. The van der Waals surface area contributed by atoms with Crippen molar-refractivity contribution >= 4 is 17.7 Å². The summed E-state index contributed by atoms with van der Waals surface area (Å²) in [6.45, 7) is -5.29. The van der Waals surface area contributed by atoms with E-state index in [0.717, 1.165) is 20.8 Å². The first-order valence-corrected chi connectivity index (χ1v) is 31.1. The van der Waals surface area contributed by atoms with E-state index in [-0.39, 0.29) is 0 Å². The Balaban J connectivity index is 1.06. The fraction of sp³-hybridized carbons (Fsp3) is 0.944. The molecule has 0 saturated carbocycles. The van der Waals surface area contributed by atoms with Crippen molar-refractivity contribution in [2.45, 2.75) is 266 Å². The van der Waals surface area contributed by atoms with Crippen molar-refractivity contribution in [3.8, 4) is 0 Å². The summed E-state index contributed by atoms with van der Waals surface area (Å²) in [5, 5.41) is 258. The van der Waals surface area contributed by atoms with E-state index in [2.05, 4.69) is 16.0 Å². The van der Waals surface area contributed by atoms with Gasteiger partial charge in [-0.05, 0) is 0 Å². The molecule has 0 bridgehead atoms. The Kier molecular flexibility index (Phi) is 28.9. The molecule has 8 saturated heterocycles. The number of carbonyl (C=O) groups excluding carboxylic acids is 3. The number of hydrogen-bond donors (Lipinski definition) is 26. The minimum atomic E-state index is -2.45. The zero-order valence-electron chi connectivity index (χ0n) is 52.4. The highest BCUT2D eigenvalue weighted by Gasteiger charge is 2.60. The highest BCUT2D eigenvalue weighted by Crippen LogP contribution is 2.39. The lowest BCUT2D eigenvalue weighted by molar-refractivity contribution is -0.392. The Hall–Kier alpha value is -3.11. The molecule has 0 radical (unpaired) electrons. The molecule has 0 aliphatic carbocycles. The number of aliphatic hydroxyl groups is 23. The number of aliphatic hydroxyl groups excluding tert-OH is 23. The van der Waals surface area contributed by atoms with E-state index in [0.29, 0.717) is 0 Å². The van der Waals surface area contributed by atoms with Gasteiger partial charge < -0.3 is 204 Å². The average molecular weight is 1440 g/mol. The zero-order valence-corrected chi connectivity index (χ0v) is 52.4. The van der Waals surface area contributed by atoms with Crippen LogP contribution in [0.4, 0.5) is 0 Å². The highest BCUT2D eigenvalue weighted by atomic mass is 16.8. The standard InChI is InChI=1S/C54H91N3O41/c1-12(65)55-23-30(72)41(18(7-61)85-47(23)83)93-48-24(56-13(2)66)32(74)43(20(9-63)89-48)96-54-40(82)46(29(71)22(92-54)11-84-50-39(81)45(28(70)17(6-60)86-50)97-52-37(79)34(76)27(69)16(5-59)88-52)98-53-38(80)35(77)44(21(10-64)91-53)94-49-25(57-14(3)67)31(73)42(19(8-62)90-49)95-51-36(78)33(75)26(68)15(4-58)87-51/h15-54,58-64,68-83H,4-11H2,1-3H3,(H,55,65)(H,56,66)(H,57,67)/t15-,16-,17-,18-,19-,20-,21-,22-,23-,24-,25-,26+,27-,28-,29-,30-,31-,32-,33+,34+,35-,36-,37+,38+,39+,40+,41-,42-,43-,44-,45+,46+,47-,48+,49+,50+,51+,52-,53-,54+/m1/s1. The van der Waals surface area contributed by atoms with E-state index < -0.39 is 316 Å². The molecule has 0 spiro atoms. The monoisotopic (exact) mass is 1440 g/mol. The molecule has 44 heteroatoms. The maximum atomic E-state index is 12.8. The molecule has 3 amide bonds. The normalized spacial score (nSPS) is 49.5. The summed E-state index contributed by atoms with van der Waals surface area (Å²) in [5.74, 6) is -2.53. The van der Waals surface area contributed by atoms with Gasteiger partial charge in [0, 0.05) is 20.8 Å². The molecule has 8 aliphatic heterocycles. The van der Waals surface area contributed by atoms with Crippen LogP contribution >= 0.6 is 0 Å². The maximum absolute atomic E-state index is 12.8. The van der Waals surface area contributed by atoms with Gasteiger partial charge in [-0.1, -0.05) is 0 Å². The summed E-state index contributed by atoms with van der Waals surface area (Å²) in [5.41, 5.74) is 0. The minimum absolute atomic E-state index is 0.759. The molecule has 44 nitrogen and oxygen atoms in total. The van der Waals surface area contributed by atoms with Crippen molar-refractivity contribution in [1.29, 1.82) is 0 Å². The summed E-state index contributed by atoms with van der Waals surface area (Å²) in [7, 11) is 0. The Morgan fingerprint density at radius 1 is 0.265 bits per heavy atom. The quantitative estimate of drug-likeness (QED) is 0.0404. The van der Waals surface area contributed by atoms with Crippen LogP contribution < -0.4 is 16.0 Å². The van der Waals surface area contributed by atoms with Gasteiger partial charge in [-0.3, -0.25) is 14.4 Å². The average Bonchev–Trinajstić information content (AvgIpc) is 0.773. The van der Waals surface area contributed by atoms with E-state index in [1.54, 1.807) is 0 Å². The van der Waals surface area contributed by atoms with Gasteiger partial charge in [0.25, 0.3) is 0 Å². The maximum Gasteiger partial charge on any atom is 0.217 e. The van der Waals surface area contributed by atoms with Gasteiger partial charge in [-0.2, -0.15) is 0 Å². The lowest BCUT2D eigenvalue weighted by atomic mass is 9.93. The number of carbonyl (C=O) groups is 3. The predicted molar refractivity (Wildman–Crippen MR) is 299 cm³/mol. The van der Waals surface area contributed by atoms with E-state index in [1.165, 1.54) is 0 Å². The van der Waals surface area contributed by atoms with Gasteiger partial charge in [0.05, 0.1) is 52.9 Å². The molecular formula is C54H91N3O41. The lowest BCUT2D eigenvalue weighted by Crippen LogP contribution is -2.70. The molecule has 0 unspecified atom stereocenters. The largest absolute Gasteiger partial charge is 0.394 e. The Labute approximate surface area is 554 Å². The Bertz CT molecular complexity index is 2510. The summed E-state index contributed by atoms with van der Waals surface area (Å²) in [4.78, 5) is 37.4. The molecule has 8 fully saturated rings. The van der Waals surface area contributed by atoms with Crippen LogP contribution in [-0.2, 0) is 85.4 Å². The van der Waals surface area contributed by atoms with Gasteiger partial charge in [-0.15, -0.1) is 0 Å². The van der Waals surface area contributed by atoms with E-state index >= 15 is 0 Å². The Morgan fingerprint density at radius 2 is 0.531 bits per heavy atom. The first kappa shape index (κ1) is 80.6. The second kappa shape index (κ2) is 35.1. The number of hydrogen-bond acceptors (Lipinski definition) is 41. The van der Waals surface area contributed by atoms with Crippen LogP contribution in [0.15, 0.2) is 0 Å². The van der Waals surface area contributed by atoms with Crippen molar-refractivity contribution in [3.05, 3.63) is 0 Å². The van der Waals surface area contributed by atoms with Gasteiger partial charge in [0.2, 0.25) is 17.7 Å². The number of rotatable bonds is 25. The summed E-state index contributed by atoms with van der Waals surface area (Å²) in [6.07, 6.45) is -74.1. The highest BCUT2D eigenvalue weighted by molar-refractivity contribution is 5.74. The van der Waals surface area contributed by atoms with Crippen LogP contribution in [0.5, 0.6) is 0 Å². The van der Waals surface area contributed by atoms with E-state index in [1.807, 2.05) is 0 Å². The Morgan fingerprint density at radius 3 is 0.929 bits per heavy atom. The zero-order chi connectivity index (χ0) is 72.2. The van der Waals surface area contributed by atoms with Crippen LogP contribution in [0.25, 0.3) is 0 Å². The molecule has 568 valence electrons. The van der Waals surface area contributed by atoms with E-state index in [4.69, 9.17) is 71.1 Å². The lowest BCUT2D eigenvalue weighted by Gasteiger charge is -2.51. The summed E-state index contributed by atoms with van der Waals surface area (Å²) >= 11 is 0. The molecular weight excluding hydrogens is 1350 g/mol. The van der Waals surface area contributed by atoms with Crippen LogP contribution in [-0.4, -0.2) is 433 Å². The molecule has 8 rings (SSSR count). The molecule has 26 N–H and O–H groups in total. The van der Waals surface area contributed by atoms with Crippen LogP contribution in [0, 0.1) is 0 Å². The first-order chi connectivity index (χ1) is 46.4. The smallest absolute Gasteiger partial charge is 0.217 e. The van der Waals surface area contributed by atoms with Crippen LogP contribution in [0.2, 0.25) is 0 Å². The number of nitrogens with one attached hydrogen (secondary N) is 3. The molecule has 8 aliphatic rings. The molecule has 8 heterocycles. The topological polar surface area (TPSA) is 691 Å². The van der Waals surface area contributed by atoms with Crippen molar-refractivity contribution in [3.63, 3.8) is 0 Å². The van der Waals surface area contributed by atoms with Crippen molar-refractivity contribution in [2.75, 3.05) is 52.9 Å². The summed E-state index contributed by atoms with van der Waals surface area (Å²) in [6, 6.07) is -5.25. The van der Waals surface area contributed by atoms with Gasteiger partial charge in [-0.25, -0.2) is 0 Å². The summed E-state index contributed by atoms with van der Waals surface area (Å²) < 4.78 is 86.7. The van der Waals surface area contributed by atoms with Gasteiger partial charge >= 0.3 is 0 Å². The second-order valence-electron chi connectivity index (χ2n) is 24.6. The minimum Gasteiger partial charge on any atom is -0.394 e. The SMILES string of the molecule is CC(=O)N[C@@H]1[C@@H](O)[C@H](O[C@@H]2O[C@H](CO)[C@@H](O[C@@H]3O[C@H](CO[C@H]4O[C@H](CO)[C@@H](O)[C@H](O[C@H]5O[C@H](CO)[C@@H](O)[C@H](O)[C@@H]5O)[C@@H]4O)[C@@H](O)[C@H](O[C@H]4O[C@H](CO)[C@@H](O[C@@H]5O[C@H](CO)[C@@H](O[C@@H]6O[C@H](CO)[C@H](O)[C@H](O)[C@H]6O)[C@H](O)[C@H]5NC(C)=O)[C@H](O)[C@@H]4O)[C@@H]3O)[C@H](O)[C@H]2NC(C)=O)[C@@H](CO)O[C@H]1O. The third kappa shape index (κ3) is 17.5. The van der Waals surface area contributed by atoms with Crippen LogP contribution in [0.1, 0.15) is 20.8 Å². The predicted octanol–water partition coefficient (Wildman–Crippen LogP) is -18.0. The number of amides is 3. The van der Waals surface area contributed by atoms with Gasteiger partial charge in [0.1, 0.15) is 195 Å². The van der Waals surface area contributed by atoms with Crippen molar-refractivity contribution < 1.29 is 203 Å².